The van der Waals surface area contributed by atoms with E-state index in [-0.39, 0.29) is 17.5 Å². The number of carbonyl (C=O) groups excluding carboxylic acids is 1. The summed E-state index contributed by atoms with van der Waals surface area (Å²) in [7, 11) is 1.60. The lowest BCUT2D eigenvalue weighted by Crippen LogP contribution is -2.41. The van der Waals surface area contributed by atoms with Crippen LogP contribution in [0.3, 0.4) is 0 Å². The number of aromatic nitrogens is 4. The van der Waals surface area contributed by atoms with Gasteiger partial charge in [-0.15, -0.1) is 0 Å². The third-order valence-corrected chi connectivity index (χ3v) is 4.22. The van der Waals surface area contributed by atoms with Crippen molar-refractivity contribution in [1.29, 1.82) is 0 Å². The van der Waals surface area contributed by atoms with Crippen LogP contribution in [0.25, 0.3) is 0 Å². The molecule has 23 heavy (non-hydrogen) atoms. The van der Waals surface area contributed by atoms with E-state index in [1.165, 1.54) is 12.3 Å². The van der Waals surface area contributed by atoms with E-state index in [2.05, 4.69) is 36.3 Å². The molecule has 9 heteroatoms. The minimum Gasteiger partial charge on any atom is -0.377 e. The summed E-state index contributed by atoms with van der Waals surface area (Å²) < 4.78 is 7.18. The summed E-state index contributed by atoms with van der Waals surface area (Å²) in [5, 5.41) is 7.33. The SMILES string of the molecule is COCc1nc2n(n1)CC(NC(=O)c1c[nH]c(=O)c(Br)c1)CC2. The number of halogens is 1. The Kier molecular flexibility index (Phi) is 4.58. The molecule has 8 nitrogen and oxygen atoms in total. The normalized spacial score (nSPS) is 16.9. The Morgan fingerprint density at radius 1 is 1.61 bits per heavy atom. The summed E-state index contributed by atoms with van der Waals surface area (Å²) in [5.41, 5.74) is 0.137. The zero-order valence-electron chi connectivity index (χ0n) is 12.5. The number of nitrogens with zero attached hydrogens (tertiary/aromatic N) is 3. The summed E-state index contributed by atoms with van der Waals surface area (Å²) in [6.45, 7) is 0.949. The number of rotatable bonds is 4. The van der Waals surface area contributed by atoms with Crippen molar-refractivity contribution in [3.8, 4) is 0 Å². The molecule has 3 rings (SSSR count). The number of aryl methyl sites for hydroxylation is 1. The second-order valence-electron chi connectivity index (χ2n) is 5.33. The number of pyridine rings is 1. The number of amides is 1. The van der Waals surface area contributed by atoms with Crippen molar-refractivity contribution >= 4 is 21.8 Å². The zero-order valence-corrected chi connectivity index (χ0v) is 14.1. The molecule has 0 spiro atoms. The Bertz CT molecular complexity index is 785. The van der Waals surface area contributed by atoms with Crippen molar-refractivity contribution in [3.63, 3.8) is 0 Å². The van der Waals surface area contributed by atoms with E-state index >= 15 is 0 Å². The molecule has 0 bridgehead atoms. The van der Waals surface area contributed by atoms with Gasteiger partial charge in [-0.2, -0.15) is 5.10 Å². The average Bonchev–Trinajstić information content (AvgIpc) is 2.92. The van der Waals surface area contributed by atoms with Gasteiger partial charge in [0.05, 0.1) is 16.6 Å². The highest BCUT2D eigenvalue weighted by Gasteiger charge is 2.23. The number of carbonyl (C=O) groups is 1. The molecule has 2 aromatic rings. The van der Waals surface area contributed by atoms with Crippen LogP contribution in [0.5, 0.6) is 0 Å². The minimum absolute atomic E-state index is 0.0298. The number of fused-ring (bicyclic) bond motifs is 1. The molecule has 0 fully saturated rings. The predicted molar refractivity (Wildman–Crippen MR) is 85.1 cm³/mol. The lowest BCUT2D eigenvalue weighted by Gasteiger charge is -2.23. The molecule has 1 amide bonds. The van der Waals surface area contributed by atoms with Crippen LogP contribution in [-0.4, -0.2) is 38.8 Å². The summed E-state index contributed by atoms with van der Waals surface area (Å²) in [6, 6.07) is 1.48. The Morgan fingerprint density at radius 2 is 2.43 bits per heavy atom. The molecule has 0 aromatic carbocycles. The second kappa shape index (κ2) is 6.63. The van der Waals surface area contributed by atoms with Crippen LogP contribution in [0.1, 0.15) is 28.4 Å². The van der Waals surface area contributed by atoms with Gasteiger partial charge in [0.2, 0.25) is 0 Å². The fourth-order valence-corrected chi connectivity index (χ4v) is 2.89. The van der Waals surface area contributed by atoms with Crippen molar-refractivity contribution in [3.05, 3.63) is 44.3 Å². The number of methoxy groups -OCH3 is 1. The molecule has 3 heterocycles. The molecule has 0 radical (unpaired) electrons. The van der Waals surface area contributed by atoms with Crippen LogP contribution in [0, 0.1) is 0 Å². The molecule has 2 aromatic heterocycles. The lowest BCUT2D eigenvalue weighted by atomic mass is 10.1. The van der Waals surface area contributed by atoms with Gasteiger partial charge in [-0.1, -0.05) is 0 Å². The largest absolute Gasteiger partial charge is 0.377 e. The highest BCUT2D eigenvalue weighted by Crippen LogP contribution is 2.14. The van der Waals surface area contributed by atoms with Crippen molar-refractivity contribution in [2.45, 2.75) is 32.0 Å². The van der Waals surface area contributed by atoms with Gasteiger partial charge in [0.1, 0.15) is 12.4 Å². The number of hydrogen-bond acceptors (Lipinski definition) is 5. The van der Waals surface area contributed by atoms with Crippen molar-refractivity contribution < 1.29 is 9.53 Å². The average molecular weight is 382 g/mol. The highest BCUT2D eigenvalue weighted by atomic mass is 79.9. The Morgan fingerprint density at radius 3 is 3.17 bits per heavy atom. The van der Waals surface area contributed by atoms with Gasteiger partial charge < -0.3 is 15.0 Å². The summed E-state index contributed by atoms with van der Waals surface area (Å²) in [5.74, 6) is 1.33. The maximum atomic E-state index is 12.3. The molecule has 0 saturated carbocycles. The van der Waals surface area contributed by atoms with E-state index in [0.717, 1.165) is 18.7 Å². The molecule has 122 valence electrons. The third-order valence-electron chi connectivity index (χ3n) is 3.63. The summed E-state index contributed by atoms with van der Waals surface area (Å²) in [4.78, 5) is 30.5. The molecular formula is C14H16BrN5O3. The van der Waals surface area contributed by atoms with Gasteiger partial charge in [0.15, 0.2) is 5.82 Å². The first-order chi connectivity index (χ1) is 11.1. The van der Waals surface area contributed by atoms with E-state index in [9.17, 15) is 9.59 Å². The highest BCUT2D eigenvalue weighted by molar-refractivity contribution is 9.10. The topological polar surface area (TPSA) is 102 Å². The standard InChI is InChI=1S/C14H16BrN5O3/c1-23-7-11-18-12-3-2-9(6-20(12)19-11)17-13(21)8-4-10(15)14(22)16-5-8/h4-5,9H,2-3,6-7H2,1H3,(H,16,22)(H,17,21). The lowest BCUT2D eigenvalue weighted by molar-refractivity contribution is 0.0925. The monoisotopic (exact) mass is 381 g/mol. The molecular weight excluding hydrogens is 366 g/mol. The third kappa shape index (κ3) is 3.50. The van der Waals surface area contributed by atoms with Crippen LogP contribution in [0.2, 0.25) is 0 Å². The van der Waals surface area contributed by atoms with Gasteiger partial charge in [-0.25, -0.2) is 9.67 Å². The van der Waals surface area contributed by atoms with Crippen molar-refractivity contribution in [1.82, 2.24) is 25.1 Å². The van der Waals surface area contributed by atoms with E-state index in [1.54, 1.807) is 7.11 Å². The first-order valence-corrected chi connectivity index (χ1v) is 7.96. The molecule has 1 aliphatic heterocycles. The molecule has 1 unspecified atom stereocenters. The minimum atomic E-state index is -0.267. The number of aromatic amines is 1. The number of ether oxygens (including phenoxy) is 1. The molecule has 1 aliphatic rings. The number of hydrogen-bond donors (Lipinski definition) is 2. The zero-order chi connectivity index (χ0) is 16.4. The van der Waals surface area contributed by atoms with E-state index in [1.807, 2.05) is 4.68 Å². The van der Waals surface area contributed by atoms with Gasteiger partial charge in [0, 0.05) is 25.8 Å². The van der Waals surface area contributed by atoms with Gasteiger partial charge in [-0.05, 0) is 28.4 Å². The Labute approximate surface area is 140 Å². The number of H-pyrrole nitrogens is 1. The maximum absolute atomic E-state index is 12.3. The van der Waals surface area contributed by atoms with Gasteiger partial charge in [0.25, 0.3) is 11.5 Å². The van der Waals surface area contributed by atoms with Crippen molar-refractivity contribution in [2.75, 3.05) is 7.11 Å². The van der Waals surface area contributed by atoms with E-state index in [4.69, 9.17) is 4.74 Å². The van der Waals surface area contributed by atoms with Crippen LogP contribution in [0.4, 0.5) is 0 Å². The Hall–Kier alpha value is -2.00. The molecule has 1 atom stereocenters. The van der Waals surface area contributed by atoms with E-state index in [0.29, 0.717) is 29.0 Å². The fraction of sp³-hybridized carbons (Fsp3) is 0.429. The summed E-state index contributed by atoms with van der Waals surface area (Å²) >= 11 is 3.12. The predicted octanol–water partition coefficient (Wildman–Crippen LogP) is 0.620. The smallest absolute Gasteiger partial charge is 0.262 e. The van der Waals surface area contributed by atoms with Gasteiger partial charge >= 0.3 is 0 Å². The first kappa shape index (κ1) is 15.9. The Balaban J connectivity index is 1.67. The maximum Gasteiger partial charge on any atom is 0.262 e. The van der Waals surface area contributed by atoms with Crippen LogP contribution in [-0.2, 0) is 24.3 Å². The second-order valence-corrected chi connectivity index (χ2v) is 6.19. The fourth-order valence-electron chi connectivity index (χ4n) is 2.52. The van der Waals surface area contributed by atoms with Crippen LogP contribution in [0.15, 0.2) is 21.5 Å². The number of nitrogens with one attached hydrogen (secondary N) is 2. The molecule has 0 saturated heterocycles. The quantitative estimate of drug-likeness (QED) is 0.807. The van der Waals surface area contributed by atoms with E-state index < -0.39 is 0 Å². The molecule has 0 aliphatic carbocycles. The van der Waals surface area contributed by atoms with Gasteiger partial charge in [-0.3, -0.25) is 9.59 Å². The first-order valence-electron chi connectivity index (χ1n) is 7.17. The van der Waals surface area contributed by atoms with Crippen LogP contribution < -0.4 is 10.9 Å². The van der Waals surface area contributed by atoms with Crippen LogP contribution >= 0.6 is 15.9 Å². The van der Waals surface area contributed by atoms with Crippen molar-refractivity contribution in [2.24, 2.45) is 0 Å². The summed E-state index contributed by atoms with van der Waals surface area (Å²) in [6.07, 6.45) is 2.95. The molecule has 2 N–H and O–H groups in total.